The highest BCUT2D eigenvalue weighted by atomic mass is 14.9. The third kappa shape index (κ3) is 1.09. The summed E-state index contributed by atoms with van der Waals surface area (Å²) in [7, 11) is 5.75. The second-order valence-corrected chi connectivity index (χ2v) is 3.81. The van der Waals surface area contributed by atoms with Crippen LogP contribution in [0, 0.1) is 0 Å². The number of nitrogens with one attached hydrogen (secondary N) is 2. The number of rotatable bonds is 0. The molecule has 1 aliphatic rings. The highest BCUT2D eigenvalue weighted by molar-refractivity contribution is 6.33. The Balaban J connectivity index is 2.31. The van der Waals surface area contributed by atoms with E-state index < -0.39 is 0 Å². The average Bonchev–Trinajstić information content (AvgIpc) is 2.54. The maximum atomic E-state index is 5.75. The van der Waals surface area contributed by atoms with Crippen molar-refractivity contribution in [2.45, 2.75) is 13.0 Å². The van der Waals surface area contributed by atoms with Crippen LogP contribution in [0.5, 0.6) is 0 Å². The first-order valence-electron chi connectivity index (χ1n) is 4.94. The van der Waals surface area contributed by atoms with E-state index in [4.69, 9.17) is 7.85 Å². The molecule has 2 nitrogen and oxygen atoms in total. The van der Waals surface area contributed by atoms with Crippen molar-refractivity contribution >= 4 is 24.2 Å². The van der Waals surface area contributed by atoms with E-state index in [-0.39, 0.29) is 0 Å². The van der Waals surface area contributed by atoms with Gasteiger partial charge >= 0.3 is 0 Å². The first kappa shape index (κ1) is 8.12. The van der Waals surface area contributed by atoms with E-state index >= 15 is 0 Å². The van der Waals surface area contributed by atoms with Crippen LogP contribution in [0.1, 0.15) is 11.3 Å². The van der Waals surface area contributed by atoms with Gasteiger partial charge in [0.25, 0.3) is 0 Å². The summed E-state index contributed by atoms with van der Waals surface area (Å²) in [5.74, 6) is 0. The van der Waals surface area contributed by atoms with Crippen LogP contribution in [0.15, 0.2) is 18.2 Å². The molecule has 68 valence electrons. The lowest BCUT2D eigenvalue weighted by atomic mass is 9.94. The number of hydrogen-bond donors (Lipinski definition) is 2. The minimum absolute atomic E-state index is 0.823. The summed E-state index contributed by atoms with van der Waals surface area (Å²) in [5.41, 5.74) is 4.76. The predicted molar refractivity (Wildman–Crippen MR) is 59.1 cm³/mol. The summed E-state index contributed by atoms with van der Waals surface area (Å²) >= 11 is 0. The summed E-state index contributed by atoms with van der Waals surface area (Å²) in [6, 6.07) is 6.09. The fourth-order valence-corrected chi connectivity index (χ4v) is 2.19. The maximum absolute atomic E-state index is 5.75. The largest absolute Gasteiger partial charge is 0.357 e. The van der Waals surface area contributed by atoms with E-state index in [1.54, 1.807) is 0 Å². The molecule has 0 bridgehead atoms. The Hall–Kier alpha value is -1.22. The van der Waals surface area contributed by atoms with E-state index in [0.29, 0.717) is 0 Å². The van der Waals surface area contributed by atoms with Gasteiger partial charge in [0, 0.05) is 23.1 Å². The van der Waals surface area contributed by atoms with Crippen LogP contribution in [0.25, 0.3) is 10.9 Å². The third-order valence-electron chi connectivity index (χ3n) is 2.87. The van der Waals surface area contributed by atoms with Crippen molar-refractivity contribution in [1.82, 2.24) is 10.3 Å². The molecular formula is C11H11BN2. The molecule has 2 heterocycles. The quantitative estimate of drug-likeness (QED) is 0.574. The van der Waals surface area contributed by atoms with Gasteiger partial charge in [-0.1, -0.05) is 17.6 Å². The summed E-state index contributed by atoms with van der Waals surface area (Å²) in [4.78, 5) is 3.41. The minimum Gasteiger partial charge on any atom is -0.357 e. The van der Waals surface area contributed by atoms with Gasteiger partial charge in [-0.3, -0.25) is 0 Å². The molecule has 0 amide bonds. The molecule has 0 atom stereocenters. The van der Waals surface area contributed by atoms with Gasteiger partial charge in [0.2, 0.25) is 0 Å². The second kappa shape index (κ2) is 2.89. The van der Waals surface area contributed by atoms with E-state index in [1.807, 2.05) is 12.1 Å². The monoisotopic (exact) mass is 182 g/mol. The first-order chi connectivity index (χ1) is 6.84. The van der Waals surface area contributed by atoms with Gasteiger partial charge in [0.1, 0.15) is 7.85 Å². The molecule has 2 aromatic rings. The van der Waals surface area contributed by atoms with Gasteiger partial charge < -0.3 is 10.3 Å². The number of aromatic nitrogens is 1. The molecule has 1 aromatic heterocycles. The van der Waals surface area contributed by atoms with Crippen molar-refractivity contribution in [1.29, 1.82) is 0 Å². The number of fused-ring (bicyclic) bond motifs is 3. The molecule has 0 spiro atoms. The Bertz CT molecular complexity index is 487. The van der Waals surface area contributed by atoms with Crippen LogP contribution in [0.3, 0.4) is 0 Å². The van der Waals surface area contributed by atoms with Crippen LogP contribution >= 0.6 is 0 Å². The van der Waals surface area contributed by atoms with Gasteiger partial charge in [-0.15, -0.1) is 0 Å². The molecule has 1 aromatic carbocycles. The third-order valence-corrected chi connectivity index (χ3v) is 2.87. The van der Waals surface area contributed by atoms with Crippen LogP contribution < -0.4 is 10.8 Å². The molecule has 2 radical (unpaired) electrons. The topological polar surface area (TPSA) is 27.8 Å². The molecular weight excluding hydrogens is 171 g/mol. The summed E-state index contributed by atoms with van der Waals surface area (Å²) in [6.45, 7) is 2.02. The Labute approximate surface area is 84.1 Å². The smallest absolute Gasteiger partial charge is 0.113 e. The van der Waals surface area contributed by atoms with E-state index in [9.17, 15) is 0 Å². The van der Waals surface area contributed by atoms with Crippen molar-refractivity contribution in [3.63, 3.8) is 0 Å². The molecule has 0 aliphatic carbocycles. The average molecular weight is 182 g/mol. The Morgan fingerprint density at radius 1 is 1.29 bits per heavy atom. The lowest BCUT2D eigenvalue weighted by Gasteiger charge is -2.12. The standard InChI is InChI=1S/C11H11BN2/c12-7-1-2-8-9-3-4-13-6-11(9)14-10(8)5-7/h1-2,5,13-14H,3-4,6H2. The van der Waals surface area contributed by atoms with Crippen LogP contribution in [0.4, 0.5) is 0 Å². The highest BCUT2D eigenvalue weighted by Crippen LogP contribution is 2.23. The normalized spacial score (nSPS) is 15.7. The lowest BCUT2D eigenvalue weighted by molar-refractivity contribution is 0.637. The highest BCUT2D eigenvalue weighted by Gasteiger charge is 2.13. The van der Waals surface area contributed by atoms with Crippen LogP contribution in [-0.2, 0) is 13.0 Å². The maximum Gasteiger partial charge on any atom is 0.113 e. The summed E-state index contributed by atoms with van der Waals surface area (Å²) < 4.78 is 0. The van der Waals surface area contributed by atoms with Gasteiger partial charge in [-0.25, -0.2) is 0 Å². The Kier molecular flexibility index (Phi) is 1.68. The van der Waals surface area contributed by atoms with Gasteiger partial charge in [-0.05, 0) is 24.6 Å². The zero-order valence-electron chi connectivity index (χ0n) is 7.93. The number of benzene rings is 1. The van der Waals surface area contributed by atoms with E-state index in [2.05, 4.69) is 16.4 Å². The fourth-order valence-electron chi connectivity index (χ4n) is 2.19. The molecule has 3 rings (SSSR count). The van der Waals surface area contributed by atoms with Gasteiger partial charge in [-0.2, -0.15) is 0 Å². The number of hydrogen-bond acceptors (Lipinski definition) is 1. The minimum atomic E-state index is 0.823. The molecule has 3 heteroatoms. The van der Waals surface area contributed by atoms with Crippen molar-refractivity contribution in [2.24, 2.45) is 0 Å². The molecule has 2 N–H and O–H groups in total. The van der Waals surface area contributed by atoms with E-state index in [1.165, 1.54) is 22.2 Å². The number of H-pyrrole nitrogens is 1. The van der Waals surface area contributed by atoms with Crippen molar-refractivity contribution in [3.05, 3.63) is 29.5 Å². The van der Waals surface area contributed by atoms with Crippen LogP contribution in [-0.4, -0.2) is 19.4 Å². The zero-order chi connectivity index (χ0) is 9.54. The molecule has 0 fully saturated rings. The second-order valence-electron chi connectivity index (χ2n) is 3.81. The van der Waals surface area contributed by atoms with Crippen molar-refractivity contribution < 1.29 is 0 Å². The Morgan fingerprint density at radius 2 is 2.21 bits per heavy atom. The summed E-state index contributed by atoms with van der Waals surface area (Å²) in [6.07, 6.45) is 1.11. The molecule has 0 saturated heterocycles. The van der Waals surface area contributed by atoms with Gasteiger partial charge in [0.15, 0.2) is 0 Å². The van der Waals surface area contributed by atoms with Crippen molar-refractivity contribution in [2.75, 3.05) is 6.54 Å². The zero-order valence-corrected chi connectivity index (χ0v) is 7.93. The lowest BCUT2D eigenvalue weighted by Crippen LogP contribution is -2.22. The van der Waals surface area contributed by atoms with Gasteiger partial charge in [0.05, 0.1) is 0 Å². The van der Waals surface area contributed by atoms with Crippen LogP contribution in [0.2, 0.25) is 0 Å². The van der Waals surface area contributed by atoms with Crippen molar-refractivity contribution in [3.8, 4) is 0 Å². The fraction of sp³-hybridized carbons (Fsp3) is 0.273. The molecule has 14 heavy (non-hydrogen) atoms. The van der Waals surface area contributed by atoms with E-state index in [0.717, 1.165) is 25.0 Å². The number of aromatic amines is 1. The molecule has 0 saturated carbocycles. The SMILES string of the molecule is [B]c1ccc2c3c([nH]c2c1)CNCC3. The molecule has 1 aliphatic heterocycles. The Morgan fingerprint density at radius 3 is 3.14 bits per heavy atom. The molecule has 0 unspecified atom stereocenters. The first-order valence-corrected chi connectivity index (χ1v) is 4.94. The predicted octanol–water partition coefficient (Wildman–Crippen LogP) is 0.607. The summed E-state index contributed by atoms with van der Waals surface area (Å²) in [5, 5.41) is 4.68.